The number of aryl methyl sites for hydroxylation is 1. The van der Waals surface area contributed by atoms with E-state index in [4.69, 9.17) is 16.3 Å². The van der Waals surface area contributed by atoms with Gasteiger partial charge in [-0.05, 0) is 37.1 Å². The van der Waals surface area contributed by atoms with Gasteiger partial charge in [-0.3, -0.25) is 14.2 Å². The summed E-state index contributed by atoms with van der Waals surface area (Å²) in [6.45, 7) is 3.94. The van der Waals surface area contributed by atoms with Crippen molar-refractivity contribution in [1.29, 1.82) is 0 Å². The predicted octanol–water partition coefficient (Wildman–Crippen LogP) is 3.91. The molecule has 0 aliphatic heterocycles. The van der Waals surface area contributed by atoms with Gasteiger partial charge >= 0.3 is 5.97 Å². The Balaban J connectivity index is 1.54. The minimum atomic E-state index is -0.879. The number of hydrogen-bond acceptors (Lipinski definition) is 6. The molecule has 9 heteroatoms. The SMILES string of the molecule is Cc1ccc(-n2cnnc2SCC(=O)OC(C)C(=O)N(C)Cc2ccccc2)cc1Cl. The van der Waals surface area contributed by atoms with Gasteiger partial charge < -0.3 is 9.64 Å². The summed E-state index contributed by atoms with van der Waals surface area (Å²) >= 11 is 7.38. The molecule has 1 unspecified atom stereocenters. The molecule has 3 aromatic rings. The van der Waals surface area contributed by atoms with Gasteiger partial charge in [0.2, 0.25) is 0 Å². The Bertz CT molecular complexity index is 1060. The van der Waals surface area contributed by atoms with Crippen molar-refractivity contribution in [3.63, 3.8) is 0 Å². The summed E-state index contributed by atoms with van der Waals surface area (Å²) in [5, 5.41) is 9.13. The van der Waals surface area contributed by atoms with Crippen LogP contribution in [0.5, 0.6) is 0 Å². The Hall–Kier alpha value is -2.84. The summed E-state index contributed by atoms with van der Waals surface area (Å²) in [7, 11) is 1.68. The van der Waals surface area contributed by atoms with Crippen molar-refractivity contribution >= 4 is 35.2 Å². The van der Waals surface area contributed by atoms with E-state index in [9.17, 15) is 9.59 Å². The van der Waals surface area contributed by atoms with E-state index in [1.165, 1.54) is 16.7 Å². The van der Waals surface area contributed by atoms with Crippen LogP contribution in [0.3, 0.4) is 0 Å². The minimum Gasteiger partial charge on any atom is -0.452 e. The second-order valence-electron chi connectivity index (χ2n) is 7.02. The van der Waals surface area contributed by atoms with Crippen LogP contribution in [0.25, 0.3) is 5.69 Å². The second kappa shape index (κ2) is 10.5. The van der Waals surface area contributed by atoms with Gasteiger partial charge in [0.1, 0.15) is 6.33 Å². The maximum atomic E-state index is 12.5. The third-order valence-corrected chi connectivity index (χ3v) is 5.89. The summed E-state index contributed by atoms with van der Waals surface area (Å²) in [4.78, 5) is 26.3. The minimum absolute atomic E-state index is 0.00168. The molecule has 0 fully saturated rings. The number of carbonyl (C=O) groups is 2. The lowest BCUT2D eigenvalue weighted by molar-refractivity contribution is -0.156. The van der Waals surface area contributed by atoms with Gasteiger partial charge in [0.05, 0.1) is 11.4 Å². The molecule has 0 N–H and O–H groups in total. The molecule has 0 bridgehead atoms. The molecule has 0 aliphatic carbocycles. The summed E-state index contributed by atoms with van der Waals surface area (Å²) in [6, 6.07) is 15.2. The van der Waals surface area contributed by atoms with E-state index >= 15 is 0 Å². The first kappa shape index (κ1) is 22.8. The number of thioether (sulfide) groups is 1. The number of carbonyl (C=O) groups excluding carboxylic acids is 2. The molecule has 0 saturated carbocycles. The van der Waals surface area contributed by atoms with Crippen LogP contribution in [0.15, 0.2) is 60.0 Å². The lowest BCUT2D eigenvalue weighted by Crippen LogP contribution is -2.37. The molecule has 0 spiro atoms. The van der Waals surface area contributed by atoms with Crippen molar-refractivity contribution in [1.82, 2.24) is 19.7 Å². The fourth-order valence-electron chi connectivity index (χ4n) is 2.88. The lowest BCUT2D eigenvalue weighted by atomic mass is 10.2. The van der Waals surface area contributed by atoms with Crippen molar-refractivity contribution in [2.45, 2.75) is 31.7 Å². The van der Waals surface area contributed by atoms with Crippen LogP contribution in [-0.2, 0) is 20.9 Å². The summed E-state index contributed by atoms with van der Waals surface area (Å²) in [5.74, 6) is -0.770. The van der Waals surface area contributed by atoms with Crippen molar-refractivity contribution in [2.24, 2.45) is 0 Å². The maximum absolute atomic E-state index is 12.5. The molecule has 31 heavy (non-hydrogen) atoms. The van der Waals surface area contributed by atoms with Gasteiger partial charge in [0.15, 0.2) is 11.3 Å². The van der Waals surface area contributed by atoms with Crippen molar-refractivity contribution < 1.29 is 14.3 Å². The first-order valence-electron chi connectivity index (χ1n) is 9.63. The van der Waals surface area contributed by atoms with Gasteiger partial charge in [0.25, 0.3) is 5.91 Å². The van der Waals surface area contributed by atoms with E-state index in [-0.39, 0.29) is 11.7 Å². The quantitative estimate of drug-likeness (QED) is 0.376. The maximum Gasteiger partial charge on any atom is 0.317 e. The molecule has 1 amide bonds. The Morgan fingerprint density at radius 1 is 1.23 bits per heavy atom. The van der Waals surface area contributed by atoms with Gasteiger partial charge in [-0.1, -0.05) is 59.8 Å². The lowest BCUT2D eigenvalue weighted by Gasteiger charge is -2.21. The molecule has 0 saturated heterocycles. The average Bonchev–Trinajstić information content (AvgIpc) is 3.23. The molecular weight excluding hydrogens is 436 g/mol. The van der Waals surface area contributed by atoms with E-state index in [0.29, 0.717) is 16.7 Å². The van der Waals surface area contributed by atoms with Gasteiger partial charge in [-0.25, -0.2) is 0 Å². The van der Waals surface area contributed by atoms with E-state index in [1.807, 2.05) is 55.5 Å². The van der Waals surface area contributed by atoms with Crippen molar-refractivity contribution in [3.05, 3.63) is 71.0 Å². The number of amides is 1. The molecule has 1 heterocycles. The van der Waals surface area contributed by atoms with Crippen LogP contribution in [0.2, 0.25) is 5.02 Å². The number of esters is 1. The number of aromatic nitrogens is 3. The third-order valence-electron chi connectivity index (χ3n) is 4.56. The van der Waals surface area contributed by atoms with E-state index in [1.54, 1.807) is 24.9 Å². The molecule has 0 radical (unpaired) electrons. The zero-order valence-corrected chi connectivity index (χ0v) is 19.1. The van der Waals surface area contributed by atoms with Crippen LogP contribution in [-0.4, -0.2) is 50.4 Å². The second-order valence-corrected chi connectivity index (χ2v) is 8.37. The largest absolute Gasteiger partial charge is 0.452 e. The molecule has 1 atom stereocenters. The average molecular weight is 459 g/mol. The van der Waals surface area contributed by atoms with E-state index in [2.05, 4.69) is 10.2 Å². The predicted molar refractivity (Wildman–Crippen MR) is 120 cm³/mol. The van der Waals surface area contributed by atoms with Gasteiger partial charge in [-0.15, -0.1) is 10.2 Å². The molecule has 7 nitrogen and oxygen atoms in total. The standard InChI is InChI=1S/C22H23ClN4O3S/c1-15-9-10-18(11-19(15)23)27-14-24-25-22(27)31-13-20(28)30-16(2)21(29)26(3)12-17-7-5-4-6-8-17/h4-11,14,16H,12-13H2,1-3H3. The van der Waals surface area contributed by atoms with E-state index in [0.717, 1.165) is 16.8 Å². The Kier molecular flexibility index (Phi) is 7.70. The van der Waals surface area contributed by atoms with E-state index < -0.39 is 12.1 Å². The Morgan fingerprint density at radius 2 is 1.97 bits per heavy atom. The zero-order chi connectivity index (χ0) is 22.4. The smallest absolute Gasteiger partial charge is 0.317 e. The number of rotatable bonds is 8. The van der Waals surface area contributed by atoms with Crippen molar-refractivity contribution in [3.8, 4) is 5.69 Å². The van der Waals surface area contributed by atoms with Crippen LogP contribution in [0.1, 0.15) is 18.1 Å². The highest BCUT2D eigenvalue weighted by Crippen LogP contribution is 2.24. The summed E-state index contributed by atoms with van der Waals surface area (Å²) in [5.41, 5.74) is 2.76. The number of halogens is 1. The first-order chi connectivity index (χ1) is 14.8. The molecule has 1 aromatic heterocycles. The normalized spacial score (nSPS) is 11.7. The fourth-order valence-corrected chi connectivity index (χ4v) is 3.77. The Labute approximate surface area is 190 Å². The van der Waals surface area contributed by atoms with Gasteiger partial charge in [-0.2, -0.15) is 0 Å². The van der Waals surface area contributed by atoms with Crippen molar-refractivity contribution in [2.75, 3.05) is 12.8 Å². The van der Waals surface area contributed by atoms with Crippen LogP contribution >= 0.6 is 23.4 Å². The number of ether oxygens (including phenoxy) is 1. The Morgan fingerprint density at radius 3 is 2.68 bits per heavy atom. The topological polar surface area (TPSA) is 77.3 Å². The highest BCUT2D eigenvalue weighted by Gasteiger charge is 2.22. The summed E-state index contributed by atoms with van der Waals surface area (Å²) in [6.07, 6.45) is 0.676. The highest BCUT2D eigenvalue weighted by molar-refractivity contribution is 7.99. The highest BCUT2D eigenvalue weighted by atomic mass is 35.5. The number of nitrogens with zero attached hydrogens (tertiary/aromatic N) is 4. The van der Waals surface area contributed by atoms with Crippen LogP contribution in [0, 0.1) is 6.92 Å². The molecule has 0 aliphatic rings. The summed E-state index contributed by atoms with van der Waals surface area (Å²) < 4.78 is 7.06. The number of benzene rings is 2. The zero-order valence-electron chi connectivity index (χ0n) is 17.5. The fraction of sp³-hybridized carbons (Fsp3) is 0.273. The molecule has 162 valence electrons. The monoisotopic (exact) mass is 458 g/mol. The first-order valence-corrected chi connectivity index (χ1v) is 11.0. The molecule has 3 rings (SSSR count). The van der Waals surface area contributed by atoms with Crippen LogP contribution in [0.4, 0.5) is 0 Å². The van der Waals surface area contributed by atoms with Crippen LogP contribution < -0.4 is 0 Å². The third kappa shape index (κ3) is 6.08. The van der Waals surface area contributed by atoms with Gasteiger partial charge in [0, 0.05) is 18.6 Å². The molecular formula is C22H23ClN4O3S. The number of likely N-dealkylation sites (N-methyl/N-ethyl adjacent to an activating group) is 1. The number of hydrogen-bond donors (Lipinski definition) is 0. The molecule has 2 aromatic carbocycles.